The minimum absolute atomic E-state index is 0.0986. The Hall–Kier alpha value is -2.93. The number of carbonyl (C=O) groups is 1. The van der Waals surface area contributed by atoms with Gasteiger partial charge in [0.25, 0.3) is 0 Å². The van der Waals surface area contributed by atoms with Crippen molar-refractivity contribution < 1.29 is 4.79 Å². The second-order valence-corrected chi connectivity index (χ2v) is 7.84. The number of benzene rings is 2. The summed E-state index contributed by atoms with van der Waals surface area (Å²) in [6.45, 7) is 2.69. The van der Waals surface area contributed by atoms with Gasteiger partial charge >= 0.3 is 0 Å². The summed E-state index contributed by atoms with van der Waals surface area (Å²) in [5.41, 5.74) is 4.82. The number of anilines is 1. The van der Waals surface area contributed by atoms with Crippen molar-refractivity contribution in [3.8, 4) is 0 Å². The van der Waals surface area contributed by atoms with Gasteiger partial charge in [-0.25, -0.2) is 4.98 Å². The summed E-state index contributed by atoms with van der Waals surface area (Å²) in [5, 5.41) is 9.25. The highest BCUT2D eigenvalue weighted by atomic mass is 32.2. The Labute approximate surface area is 166 Å². The van der Waals surface area contributed by atoms with Crippen LogP contribution in [0.5, 0.6) is 0 Å². The normalized spacial score (nSPS) is 13.8. The molecule has 140 valence electrons. The first-order valence-corrected chi connectivity index (χ1v) is 10.3. The molecule has 0 atom stereocenters. The molecule has 0 N–H and O–H groups in total. The van der Waals surface area contributed by atoms with Gasteiger partial charge in [-0.2, -0.15) is 0 Å². The lowest BCUT2D eigenvalue weighted by Crippen LogP contribution is -2.36. The number of carbonyl (C=O) groups excluding carboxylic acids is 1. The van der Waals surface area contributed by atoms with Gasteiger partial charge in [0, 0.05) is 12.2 Å². The number of fused-ring (bicyclic) bond motifs is 4. The third-order valence-electron chi connectivity index (χ3n) is 5.10. The first-order valence-electron chi connectivity index (χ1n) is 9.34. The quantitative estimate of drug-likeness (QED) is 0.501. The number of thioether (sulfide) groups is 1. The van der Waals surface area contributed by atoms with Gasteiger partial charge in [-0.15, -0.1) is 10.2 Å². The first kappa shape index (κ1) is 17.2. The van der Waals surface area contributed by atoms with Crippen LogP contribution in [0.15, 0.2) is 53.6 Å². The summed E-state index contributed by atoms with van der Waals surface area (Å²) in [7, 11) is 0. The molecule has 0 saturated carbocycles. The van der Waals surface area contributed by atoms with Crippen molar-refractivity contribution in [2.45, 2.75) is 24.8 Å². The van der Waals surface area contributed by atoms with Gasteiger partial charge in [0.05, 0.1) is 16.8 Å². The van der Waals surface area contributed by atoms with Crippen LogP contribution in [0.4, 0.5) is 5.69 Å². The molecule has 6 nitrogen and oxygen atoms in total. The molecule has 1 aliphatic heterocycles. The highest BCUT2D eigenvalue weighted by molar-refractivity contribution is 8.00. The van der Waals surface area contributed by atoms with Crippen LogP contribution in [0.25, 0.3) is 16.7 Å². The van der Waals surface area contributed by atoms with Gasteiger partial charge in [0.1, 0.15) is 10.9 Å². The van der Waals surface area contributed by atoms with Crippen LogP contribution in [-0.2, 0) is 11.2 Å². The van der Waals surface area contributed by atoms with Gasteiger partial charge in [-0.05, 0) is 43.5 Å². The van der Waals surface area contributed by atoms with E-state index in [1.54, 1.807) is 0 Å². The number of rotatable bonds is 3. The van der Waals surface area contributed by atoms with Crippen molar-refractivity contribution in [3.63, 3.8) is 0 Å². The van der Waals surface area contributed by atoms with E-state index < -0.39 is 0 Å². The van der Waals surface area contributed by atoms with Crippen LogP contribution in [0.3, 0.4) is 0 Å². The van der Waals surface area contributed by atoms with E-state index in [9.17, 15) is 4.79 Å². The van der Waals surface area contributed by atoms with Gasteiger partial charge in [0.15, 0.2) is 5.65 Å². The van der Waals surface area contributed by atoms with Gasteiger partial charge in [-0.1, -0.05) is 42.1 Å². The summed E-state index contributed by atoms with van der Waals surface area (Å²) >= 11 is 1.43. The molecule has 0 spiro atoms. The van der Waals surface area contributed by atoms with Crippen molar-refractivity contribution in [3.05, 3.63) is 59.9 Å². The smallest absolute Gasteiger partial charge is 0.237 e. The van der Waals surface area contributed by atoms with Crippen LogP contribution in [-0.4, -0.2) is 37.8 Å². The standard InChI is InChI=1S/C21H19N5OS/c1-14-23-24-20-21(22-16-9-3-5-11-18(16)26(14)20)28-13-19(27)25-12-6-8-15-7-2-4-10-17(15)25/h2-5,7,9-11H,6,8,12-13H2,1H3. The minimum atomic E-state index is 0.0986. The molecular formula is C21H19N5OS. The Balaban J connectivity index is 1.46. The lowest BCUT2D eigenvalue weighted by atomic mass is 10.0. The Bertz CT molecular complexity index is 1200. The summed E-state index contributed by atoms with van der Waals surface area (Å²) in [6.07, 6.45) is 2.02. The van der Waals surface area contributed by atoms with E-state index in [0.717, 1.165) is 47.0 Å². The molecule has 3 heterocycles. The summed E-state index contributed by atoms with van der Waals surface area (Å²) in [6, 6.07) is 16.1. The zero-order valence-corrected chi connectivity index (χ0v) is 16.3. The fraction of sp³-hybridized carbons (Fsp3) is 0.238. The van der Waals surface area contributed by atoms with Crippen LogP contribution in [0, 0.1) is 6.92 Å². The number of nitrogens with zero attached hydrogens (tertiary/aromatic N) is 5. The Morgan fingerprint density at radius 2 is 1.93 bits per heavy atom. The monoisotopic (exact) mass is 389 g/mol. The van der Waals surface area contributed by atoms with Crippen LogP contribution in [0.1, 0.15) is 17.8 Å². The molecule has 5 rings (SSSR count). The van der Waals surface area contributed by atoms with E-state index in [4.69, 9.17) is 4.98 Å². The largest absolute Gasteiger partial charge is 0.311 e. The lowest BCUT2D eigenvalue weighted by molar-refractivity contribution is -0.116. The maximum atomic E-state index is 13.0. The molecular weight excluding hydrogens is 370 g/mol. The maximum Gasteiger partial charge on any atom is 0.237 e. The Kier molecular flexibility index (Phi) is 4.24. The van der Waals surface area contributed by atoms with Crippen molar-refractivity contribution in [1.29, 1.82) is 0 Å². The molecule has 0 saturated heterocycles. The molecule has 0 bridgehead atoms. The number of aryl methyl sites for hydroxylation is 2. The van der Waals surface area contributed by atoms with E-state index >= 15 is 0 Å². The lowest BCUT2D eigenvalue weighted by Gasteiger charge is -2.29. The third-order valence-corrected chi connectivity index (χ3v) is 6.04. The fourth-order valence-corrected chi connectivity index (χ4v) is 4.63. The van der Waals surface area contributed by atoms with Crippen LogP contribution >= 0.6 is 11.8 Å². The van der Waals surface area contributed by atoms with Crippen molar-refractivity contribution in [1.82, 2.24) is 19.6 Å². The predicted molar refractivity (Wildman–Crippen MR) is 111 cm³/mol. The Morgan fingerprint density at radius 1 is 1.11 bits per heavy atom. The number of hydrogen-bond donors (Lipinski definition) is 0. The van der Waals surface area contributed by atoms with E-state index in [2.05, 4.69) is 16.3 Å². The van der Waals surface area contributed by atoms with Crippen LogP contribution in [0.2, 0.25) is 0 Å². The molecule has 28 heavy (non-hydrogen) atoms. The van der Waals surface area contributed by atoms with E-state index in [1.807, 2.05) is 58.7 Å². The van der Waals surface area contributed by atoms with Gasteiger partial charge in [0.2, 0.25) is 5.91 Å². The average Bonchev–Trinajstić information content (AvgIpc) is 3.13. The molecule has 0 radical (unpaired) electrons. The zero-order chi connectivity index (χ0) is 19.1. The highest BCUT2D eigenvalue weighted by Gasteiger charge is 2.23. The second kappa shape index (κ2) is 6.91. The molecule has 0 aliphatic carbocycles. The third kappa shape index (κ3) is 2.82. The van der Waals surface area contributed by atoms with E-state index in [0.29, 0.717) is 11.4 Å². The molecule has 7 heteroatoms. The molecule has 1 amide bonds. The molecule has 4 aromatic rings. The highest BCUT2D eigenvalue weighted by Crippen LogP contribution is 2.29. The van der Waals surface area contributed by atoms with Gasteiger partial charge < -0.3 is 4.90 Å². The number of aromatic nitrogens is 4. The second-order valence-electron chi connectivity index (χ2n) is 6.88. The molecule has 2 aromatic heterocycles. The summed E-state index contributed by atoms with van der Waals surface area (Å²) in [5.74, 6) is 1.23. The number of amides is 1. The first-order chi connectivity index (χ1) is 13.7. The molecule has 1 aliphatic rings. The molecule has 0 unspecified atom stereocenters. The maximum absolute atomic E-state index is 13.0. The molecule has 2 aromatic carbocycles. The zero-order valence-electron chi connectivity index (χ0n) is 15.5. The van der Waals surface area contributed by atoms with Crippen molar-refractivity contribution >= 4 is 40.0 Å². The topological polar surface area (TPSA) is 63.4 Å². The predicted octanol–water partition coefficient (Wildman–Crippen LogP) is 3.66. The SMILES string of the molecule is Cc1nnc2c(SCC(=O)N3CCCc4ccccc43)nc3ccccc3n12. The fourth-order valence-electron chi connectivity index (χ4n) is 3.79. The van der Waals surface area contributed by atoms with Crippen molar-refractivity contribution in [2.24, 2.45) is 0 Å². The number of hydrogen-bond acceptors (Lipinski definition) is 5. The van der Waals surface area contributed by atoms with E-state index in [-0.39, 0.29) is 5.91 Å². The van der Waals surface area contributed by atoms with Crippen LogP contribution < -0.4 is 4.90 Å². The minimum Gasteiger partial charge on any atom is -0.311 e. The average molecular weight is 389 g/mol. The Morgan fingerprint density at radius 3 is 2.86 bits per heavy atom. The number of para-hydroxylation sites is 3. The van der Waals surface area contributed by atoms with Crippen molar-refractivity contribution in [2.75, 3.05) is 17.2 Å². The molecule has 0 fully saturated rings. The summed E-state index contributed by atoms with van der Waals surface area (Å²) < 4.78 is 2.01. The van der Waals surface area contributed by atoms with Gasteiger partial charge in [-0.3, -0.25) is 9.20 Å². The summed E-state index contributed by atoms with van der Waals surface area (Å²) in [4.78, 5) is 19.6. The van der Waals surface area contributed by atoms with E-state index in [1.165, 1.54) is 17.3 Å².